The van der Waals surface area contributed by atoms with Crippen LogP contribution in [0.25, 0.3) is 11.0 Å². The molecule has 1 heterocycles. The van der Waals surface area contributed by atoms with Crippen molar-refractivity contribution in [2.24, 2.45) is 5.84 Å². The van der Waals surface area contributed by atoms with E-state index in [0.717, 1.165) is 24.3 Å². The smallest absolute Gasteiger partial charge is 0.111 e. The number of imidazole rings is 1. The van der Waals surface area contributed by atoms with Gasteiger partial charge in [-0.15, -0.1) is 0 Å². The number of hydrazine groups is 1. The van der Waals surface area contributed by atoms with E-state index in [4.69, 9.17) is 5.84 Å². The summed E-state index contributed by atoms with van der Waals surface area (Å²) in [7, 11) is 0. The Balaban J connectivity index is 2.44. The summed E-state index contributed by atoms with van der Waals surface area (Å²) in [5.41, 5.74) is 5.01. The molecule has 0 saturated carbocycles. The summed E-state index contributed by atoms with van der Waals surface area (Å²) in [5, 5.41) is 0. The van der Waals surface area contributed by atoms with Gasteiger partial charge >= 0.3 is 0 Å². The van der Waals surface area contributed by atoms with Crippen LogP contribution in [0.2, 0.25) is 0 Å². The summed E-state index contributed by atoms with van der Waals surface area (Å²) in [6.45, 7) is 5.13. The summed E-state index contributed by atoms with van der Waals surface area (Å²) in [4.78, 5) is 4.64. The molecule has 0 amide bonds. The quantitative estimate of drug-likeness (QED) is 0.603. The SMILES string of the molecule is CCn1c(CC(C)NN)nc2ccccc21. The van der Waals surface area contributed by atoms with Gasteiger partial charge in [-0.05, 0) is 26.0 Å². The number of nitrogens with two attached hydrogens (primary N) is 1. The van der Waals surface area contributed by atoms with E-state index in [9.17, 15) is 0 Å². The Morgan fingerprint density at radius 1 is 1.44 bits per heavy atom. The summed E-state index contributed by atoms with van der Waals surface area (Å²) in [6.07, 6.45) is 0.846. The van der Waals surface area contributed by atoms with E-state index in [1.165, 1.54) is 5.52 Å². The second-order valence-electron chi connectivity index (χ2n) is 4.03. The Hall–Kier alpha value is -1.39. The molecule has 1 atom stereocenters. The van der Waals surface area contributed by atoms with Crippen molar-refractivity contribution in [3.05, 3.63) is 30.1 Å². The minimum absolute atomic E-state index is 0.238. The van der Waals surface area contributed by atoms with Crippen molar-refractivity contribution in [2.45, 2.75) is 32.9 Å². The number of hydrogen-bond acceptors (Lipinski definition) is 3. The van der Waals surface area contributed by atoms with Crippen LogP contribution in [0.4, 0.5) is 0 Å². The van der Waals surface area contributed by atoms with Crippen LogP contribution >= 0.6 is 0 Å². The van der Waals surface area contributed by atoms with E-state index in [0.29, 0.717) is 0 Å². The number of rotatable bonds is 4. The molecule has 86 valence electrons. The van der Waals surface area contributed by atoms with Gasteiger partial charge < -0.3 is 4.57 Å². The van der Waals surface area contributed by atoms with Crippen molar-refractivity contribution in [1.82, 2.24) is 15.0 Å². The van der Waals surface area contributed by atoms with E-state index in [2.05, 4.69) is 34.9 Å². The summed E-state index contributed by atoms with van der Waals surface area (Å²) < 4.78 is 2.24. The fourth-order valence-corrected chi connectivity index (χ4v) is 1.97. The molecule has 0 spiro atoms. The van der Waals surface area contributed by atoms with Gasteiger partial charge in [-0.25, -0.2) is 4.98 Å². The average molecular weight is 218 g/mol. The van der Waals surface area contributed by atoms with E-state index in [1.807, 2.05) is 18.2 Å². The van der Waals surface area contributed by atoms with Gasteiger partial charge in [0.25, 0.3) is 0 Å². The second kappa shape index (κ2) is 4.63. The molecule has 0 aliphatic rings. The number of nitrogens with one attached hydrogen (secondary N) is 1. The van der Waals surface area contributed by atoms with Crippen molar-refractivity contribution in [2.75, 3.05) is 0 Å². The van der Waals surface area contributed by atoms with Gasteiger partial charge in [0.15, 0.2) is 0 Å². The molecule has 2 aromatic rings. The van der Waals surface area contributed by atoms with Crippen molar-refractivity contribution in [1.29, 1.82) is 0 Å². The molecular formula is C12H18N4. The molecule has 0 bridgehead atoms. The lowest BCUT2D eigenvalue weighted by molar-refractivity contribution is 0.540. The van der Waals surface area contributed by atoms with Crippen LogP contribution in [-0.2, 0) is 13.0 Å². The Morgan fingerprint density at radius 3 is 2.88 bits per heavy atom. The third-order valence-electron chi connectivity index (χ3n) is 2.82. The van der Waals surface area contributed by atoms with Gasteiger partial charge in [-0.2, -0.15) is 0 Å². The highest BCUT2D eigenvalue weighted by molar-refractivity contribution is 5.75. The van der Waals surface area contributed by atoms with Gasteiger partial charge in [-0.3, -0.25) is 11.3 Å². The average Bonchev–Trinajstić information content (AvgIpc) is 2.65. The lowest BCUT2D eigenvalue weighted by Crippen LogP contribution is -2.34. The zero-order valence-corrected chi connectivity index (χ0v) is 9.77. The van der Waals surface area contributed by atoms with Crippen molar-refractivity contribution in [3.63, 3.8) is 0 Å². The molecule has 0 aliphatic carbocycles. The minimum atomic E-state index is 0.238. The lowest BCUT2D eigenvalue weighted by atomic mass is 10.2. The molecule has 4 nitrogen and oxygen atoms in total. The van der Waals surface area contributed by atoms with Crippen LogP contribution < -0.4 is 11.3 Å². The van der Waals surface area contributed by atoms with Gasteiger partial charge in [0.1, 0.15) is 5.82 Å². The molecule has 2 rings (SSSR count). The third-order valence-corrected chi connectivity index (χ3v) is 2.82. The maximum absolute atomic E-state index is 5.42. The molecule has 0 aliphatic heterocycles. The van der Waals surface area contributed by atoms with Crippen LogP contribution in [0, 0.1) is 0 Å². The highest BCUT2D eigenvalue weighted by Gasteiger charge is 2.11. The number of aryl methyl sites for hydroxylation is 1. The first-order chi connectivity index (χ1) is 7.76. The van der Waals surface area contributed by atoms with Gasteiger partial charge in [0, 0.05) is 19.0 Å². The number of hydrogen-bond donors (Lipinski definition) is 2. The van der Waals surface area contributed by atoms with Crippen molar-refractivity contribution in [3.8, 4) is 0 Å². The van der Waals surface area contributed by atoms with Crippen LogP contribution in [-0.4, -0.2) is 15.6 Å². The Kier molecular flexibility index (Phi) is 3.22. The molecule has 1 unspecified atom stereocenters. The number of aromatic nitrogens is 2. The van der Waals surface area contributed by atoms with Crippen LogP contribution in [0.15, 0.2) is 24.3 Å². The van der Waals surface area contributed by atoms with E-state index in [1.54, 1.807) is 0 Å². The van der Waals surface area contributed by atoms with E-state index in [-0.39, 0.29) is 6.04 Å². The first-order valence-corrected chi connectivity index (χ1v) is 5.66. The van der Waals surface area contributed by atoms with E-state index >= 15 is 0 Å². The molecule has 0 fully saturated rings. The minimum Gasteiger partial charge on any atom is -0.328 e. The van der Waals surface area contributed by atoms with Gasteiger partial charge in [0.2, 0.25) is 0 Å². The molecule has 0 saturated heterocycles. The Labute approximate surface area is 95.4 Å². The number of para-hydroxylation sites is 2. The second-order valence-corrected chi connectivity index (χ2v) is 4.03. The molecule has 1 aromatic heterocycles. The zero-order valence-electron chi connectivity index (χ0n) is 9.77. The normalized spacial score (nSPS) is 13.2. The first kappa shape index (κ1) is 11.1. The fourth-order valence-electron chi connectivity index (χ4n) is 1.97. The highest BCUT2D eigenvalue weighted by Crippen LogP contribution is 2.16. The zero-order chi connectivity index (χ0) is 11.5. The fraction of sp³-hybridized carbons (Fsp3) is 0.417. The third kappa shape index (κ3) is 1.94. The topological polar surface area (TPSA) is 55.9 Å². The van der Waals surface area contributed by atoms with Crippen LogP contribution in [0.5, 0.6) is 0 Å². The monoisotopic (exact) mass is 218 g/mol. The lowest BCUT2D eigenvalue weighted by Gasteiger charge is -2.10. The van der Waals surface area contributed by atoms with Crippen LogP contribution in [0.1, 0.15) is 19.7 Å². The standard InChI is InChI=1S/C12H18N4/c1-3-16-11-7-5-4-6-10(11)14-12(16)8-9(2)15-13/h4-7,9,15H,3,8,13H2,1-2H3. The highest BCUT2D eigenvalue weighted by atomic mass is 15.2. The van der Waals surface area contributed by atoms with E-state index < -0.39 is 0 Å². The summed E-state index contributed by atoms with van der Waals surface area (Å²) in [6, 6.07) is 8.46. The Morgan fingerprint density at radius 2 is 2.19 bits per heavy atom. The van der Waals surface area contributed by atoms with Crippen molar-refractivity contribution >= 4 is 11.0 Å². The maximum Gasteiger partial charge on any atom is 0.111 e. The Bertz CT molecular complexity index is 475. The predicted molar refractivity (Wildman–Crippen MR) is 65.9 cm³/mol. The maximum atomic E-state index is 5.42. The van der Waals surface area contributed by atoms with Gasteiger partial charge in [-0.1, -0.05) is 12.1 Å². The summed E-state index contributed by atoms with van der Waals surface area (Å²) >= 11 is 0. The summed E-state index contributed by atoms with van der Waals surface area (Å²) in [5.74, 6) is 6.51. The van der Waals surface area contributed by atoms with Crippen LogP contribution in [0.3, 0.4) is 0 Å². The number of nitrogens with zero attached hydrogens (tertiary/aromatic N) is 2. The molecule has 16 heavy (non-hydrogen) atoms. The van der Waals surface area contributed by atoms with Gasteiger partial charge in [0.05, 0.1) is 11.0 Å². The van der Waals surface area contributed by atoms with Crippen molar-refractivity contribution < 1.29 is 0 Å². The molecule has 3 N–H and O–H groups in total. The number of fused-ring (bicyclic) bond motifs is 1. The molecular weight excluding hydrogens is 200 g/mol. The molecule has 1 aromatic carbocycles. The first-order valence-electron chi connectivity index (χ1n) is 5.66. The number of benzene rings is 1. The predicted octanol–water partition coefficient (Wildman–Crippen LogP) is 1.45. The molecule has 0 radical (unpaired) electrons. The molecule has 4 heteroatoms. The largest absolute Gasteiger partial charge is 0.328 e.